The molecule has 4 aromatic heterocycles. The number of ether oxygens (including phenoxy) is 1. The van der Waals surface area contributed by atoms with Crippen LogP contribution in [-0.4, -0.2) is 53.1 Å². The van der Waals surface area contributed by atoms with Crippen LogP contribution < -0.4 is 9.64 Å². The molecule has 6 rings (SSSR count). The van der Waals surface area contributed by atoms with E-state index in [1.165, 1.54) is 17.2 Å². The summed E-state index contributed by atoms with van der Waals surface area (Å²) in [6.07, 6.45) is 4.84. The highest BCUT2D eigenvalue weighted by molar-refractivity contribution is 5.66. The number of methoxy groups -OCH3 is 1. The van der Waals surface area contributed by atoms with Crippen LogP contribution in [0, 0.1) is 11.8 Å². The van der Waals surface area contributed by atoms with Crippen molar-refractivity contribution in [2.24, 2.45) is 0 Å². The Morgan fingerprint density at radius 3 is 2.39 bits per heavy atom. The molecule has 0 radical (unpaired) electrons. The number of hydrogen-bond donors (Lipinski definition) is 0. The van der Waals surface area contributed by atoms with Gasteiger partial charge in [-0.05, 0) is 44.4 Å². The van der Waals surface area contributed by atoms with Gasteiger partial charge in [0.1, 0.15) is 24.0 Å². The molecule has 234 valence electrons. The van der Waals surface area contributed by atoms with Gasteiger partial charge in [-0.3, -0.25) is 4.98 Å². The molecule has 10 nitrogen and oxygen atoms in total. The fraction of sp³-hybridized carbons (Fsp3) is 0.303. The van der Waals surface area contributed by atoms with Crippen LogP contribution in [0.5, 0.6) is 5.88 Å². The lowest BCUT2D eigenvalue weighted by Gasteiger charge is -2.21. The molecule has 1 aliphatic rings. The highest BCUT2D eigenvalue weighted by Crippen LogP contribution is 2.44. The first-order valence-corrected chi connectivity index (χ1v) is 14.7. The van der Waals surface area contributed by atoms with Crippen molar-refractivity contribution in [1.82, 2.24) is 39.5 Å². The quantitative estimate of drug-likeness (QED) is 0.179. The summed E-state index contributed by atoms with van der Waals surface area (Å²) in [5.74, 6) is 8.06. The number of imidazole rings is 1. The maximum absolute atomic E-state index is 13.5. The van der Waals surface area contributed by atoms with Crippen molar-refractivity contribution in [2.75, 3.05) is 18.6 Å². The first-order chi connectivity index (χ1) is 22.2. The lowest BCUT2D eigenvalue weighted by molar-refractivity contribution is -0.140. The number of hydrogen-bond acceptors (Lipinski definition) is 9. The summed E-state index contributed by atoms with van der Waals surface area (Å²) < 4.78 is 47.5. The molecule has 0 aliphatic heterocycles. The van der Waals surface area contributed by atoms with Crippen molar-refractivity contribution in [3.8, 4) is 40.5 Å². The van der Waals surface area contributed by atoms with Crippen LogP contribution in [0.2, 0.25) is 0 Å². The molecule has 5 aromatic rings. The van der Waals surface area contributed by atoms with Gasteiger partial charge in [-0.2, -0.15) is 18.2 Å². The third-order valence-corrected chi connectivity index (χ3v) is 7.41. The van der Waals surface area contributed by atoms with Crippen LogP contribution in [-0.2, 0) is 12.7 Å². The van der Waals surface area contributed by atoms with Gasteiger partial charge < -0.3 is 14.2 Å². The summed E-state index contributed by atoms with van der Waals surface area (Å²) in [5.41, 5.74) is 2.82. The van der Waals surface area contributed by atoms with Crippen molar-refractivity contribution >= 4 is 5.95 Å². The zero-order chi connectivity index (χ0) is 32.3. The largest absolute Gasteiger partial charge is 0.480 e. The van der Waals surface area contributed by atoms with E-state index in [1.54, 1.807) is 31.6 Å². The van der Waals surface area contributed by atoms with E-state index in [-0.39, 0.29) is 18.4 Å². The molecule has 0 saturated heterocycles. The number of aromatic nitrogens is 8. The van der Waals surface area contributed by atoms with Crippen molar-refractivity contribution < 1.29 is 17.9 Å². The van der Waals surface area contributed by atoms with Gasteiger partial charge in [0.05, 0.1) is 19.3 Å². The van der Waals surface area contributed by atoms with Gasteiger partial charge in [0.15, 0.2) is 11.5 Å². The maximum atomic E-state index is 13.5. The Balaban J connectivity index is 1.33. The van der Waals surface area contributed by atoms with Crippen LogP contribution >= 0.6 is 0 Å². The Hall–Kier alpha value is -5.38. The summed E-state index contributed by atoms with van der Waals surface area (Å²) in [7, 11) is 1.55. The molecule has 0 unspecified atom stereocenters. The van der Waals surface area contributed by atoms with Gasteiger partial charge in [0.2, 0.25) is 11.8 Å². The SMILES string of the molecule is COc1ncnc(C2CC2)c1-c1ncnc(N(CC#Cc2ccncc2)Cc2ccc(-c3nc(C(F)(F)F)cn3C(C)C)cc2)n1. The molecule has 4 heterocycles. The topological polar surface area (TPSA) is 108 Å². The lowest BCUT2D eigenvalue weighted by Crippen LogP contribution is -2.25. The van der Waals surface area contributed by atoms with Crippen LogP contribution in [0.4, 0.5) is 19.1 Å². The predicted molar refractivity (Wildman–Crippen MR) is 165 cm³/mol. The normalized spacial score (nSPS) is 12.9. The number of halogens is 3. The number of pyridine rings is 1. The van der Waals surface area contributed by atoms with E-state index in [4.69, 9.17) is 9.72 Å². The monoisotopic (exact) mass is 625 g/mol. The van der Waals surface area contributed by atoms with Gasteiger partial charge in [0.25, 0.3) is 0 Å². The second-order valence-corrected chi connectivity index (χ2v) is 11.1. The van der Waals surface area contributed by atoms with E-state index in [9.17, 15) is 13.2 Å². The third kappa shape index (κ3) is 6.81. The second kappa shape index (κ2) is 12.9. The van der Waals surface area contributed by atoms with E-state index in [2.05, 4.69) is 41.7 Å². The number of rotatable bonds is 9. The lowest BCUT2D eigenvalue weighted by atomic mass is 10.1. The van der Waals surface area contributed by atoms with Crippen LogP contribution in [0.25, 0.3) is 22.8 Å². The molecule has 1 saturated carbocycles. The van der Waals surface area contributed by atoms with Gasteiger partial charge in [0, 0.05) is 48.2 Å². The Morgan fingerprint density at radius 2 is 1.72 bits per heavy atom. The third-order valence-electron chi connectivity index (χ3n) is 7.41. The summed E-state index contributed by atoms with van der Waals surface area (Å²) in [6, 6.07) is 10.7. The standard InChI is InChI=1S/C33H30F3N9O/c1-21(2)45-18-26(33(34,35)36)42-30(45)25-8-6-23(7-9-25)17-44(16-4-5-22-12-14-37-15-13-22)32-41-20-39-29(43-32)27-28(24-10-11-24)38-19-40-31(27)46-3/h6-9,12-15,18-21,24H,10-11,16-17H2,1-3H3. The average molecular weight is 626 g/mol. The second-order valence-electron chi connectivity index (χ2n) is 11.1. The number of alkyl halides is 3. The van der Waals surface area contributed by atoms with E-state index >= 15 is 0 Å². The predicted octanol–water partition coefficient (Wildman–Crippen LogP) is 6.13. The Labute approximate surface area is 263 Å². The molecule has 1 fully saturated rings. The molecular formula is C33H30F3N9O. The van der Waals surface area contributed by atoms with Crippen molar-refractivity contribution in [3.05, 3.63) is 90.2 Å². The molecule has 0 bridgehead atoms. The van der Waals surface area contributed by atoms with E-state index in [0.717, 1.165) is 35.9 Å². The minimum absolute atomic E-state index is 0.208. The molecular weight excluding hydrogens is 595 g/mol. The zero-order valence-corrected chi connectivity index (χ0v) is 25.4. The Kier molecular flexibility index (Phi) is 8.61. The fourth-order valence-electron chi connectivity index (χ4n) is 4.96. The molecule has 0 atom stereocenters. The first-order valence-electron chi connectivity index (χ1n) is 14.7. The van der Waals surface area contributed by atoms with E-state index < -0.39 is 11.9 Å². The Morgan fingerprint density at radius 1 is 0.978 bits per heavy atom. The molecule has 0 spiro atoms. The van der Waals surface area contributed by atoms with E-state index in [1.807, 2.05) is 43.0 Å². The molecule has 0 amide bonds. The smallest absolute Gasteiger partial charge is 0.434 e. The van der Waals surface area contributed by atoms with Crippen molar-refractivity contribution in [3.63, 3.8) is 0 Å². The summed E-state index contributed by atoms with van der Waals surface area (Å²) >= 11 is 0. The first kappa shape index (κ1) is 30.6. The molecule has 1 aromatic carbocycles. The number of nitrogens with zero attached hydrogens (tertiary/aromatic N) is 9. The summed E-state index contributed by atoms with van der Waals surface area (Å²) in [6.45, 7) is 4.27. The van der Waals surface area contributed by atoms with Crippen LogP contribution in [0.3, 0.4) is 0 Å². The fourth-order valence-corrected chi connectivity index (χ4v) is 4.96. The van der Waals surface area contributed by atoms with Gasteiger partial charge >= 0.3 is 6.18 Å². The highest BCUT2D eigenvalue weighted by atomic mass is 19.4. The minimum Gasteiger partial charge on any atom is -0.480 e. The van der Waals surface area contributed by atoms with Gasteiger partial charge in [-0.25, -0.2) is 24.9 Å². The molecule has 0 N–H and O–H groups in total. The maximum Gasteiger partial charge on any atom is 0.434 e. The van der Waals surface area contributed by atoms with Gasteiger partial charge in [-0.15, -0.1) is 0 Å². The average Bonchev–Trinajstić information content (AvgIpc) is 3.80. The molecule has 1 aliphatic carbocycles. The number of anilines is 1. The van der Waals surface area contributed by atoms with Crippen LogP contribution in [0.1, 0.15) is 61.2 Å². The number of benzene rings is 1. The zero-order valence-electron chi connectivity index (χ0n) is 25.4. The summed E-state index contributed by atoms with van der Waals surface area (Å²) in [5, 5.41) is 0. The molecule has 13 heteroatoms. The van der Waals surface area contributed by atoms with Crippen molar-refractivity contribution in [1.29, 1.82) is 0 Å². The van der Waals surface area contributed by atoms with E-state index in [0.29, 0.717) is 41.2 Å². The highest BCUT2D eigenvalue weighted by Gasteiger charge is 2.35. The Bertz CT molecular complexity index is 1880. The minimum atomic E-state index is -4.54. The molecule has 46 heavy (non-hydrogen) atoms. The van der Waals surface area contributed by atoms with Crippen molar-refractivity contribution in [2.45, 2.75) is 51.4 Å². The summed E-state index contributed by atoms with van der Waals surface area (Å²) in [4.78, 5) is 32.4. The van der Waals surface area contributed by atoms with Crippen LogP contribution in [0.15, 0.2) is 67.6 Å². The van der Waals surface area contributed by atoms with Gasteiger partial charge in [-0.1, -0.05) is 36.1 Å².